The number of fused-ring (bicyclic) bond motifs is 5. The van der Waals surface area contributed by atoms with Crippen molar-refractivity contribution in [2.75, 3.05) is 58.2 Å². The summed E-state index contributed by atoms with van der Waals surface area (Å²) in [5, 5.41) is 18.9. The second-order valence-electron chi connectivity index (χ2n) is 28.9. The summed E-state index contributed by atoms with van der Waals surface area (Å²) in [5.41, 5.74) is 2.83. The zero-order chi connectivity index (χ0) is 87.1. The second kappa shape index (κ2) is 37.3. The van der Waals surface area contributed by atoms with Crippen molar-refractivity contribution in [1.29, 1.82) is 0 Å². The number of carbonyl (C=O) groups is 4. The molecule has 2 aliphatic carbocycles. The first-order valence-electron chi connectivity index (χ1n) is 38.0. The molecule has 0 aromatic carbocycles. The molecule has 660 valence electrons. The third-order valence-corrected chi connectivity index (χ3v) is 22.6. The van der Waals surface area contributed by atoms with Gasteiger partial charge in [-0.25, -0.2) is 59.8 Å². The van der Waals surface area contributed by atoms with Gasteiger partial charge in [0.1, 0.15) is 95.2 Å². The lowest BCUT2D eigenvalue weighted by atomic mass is 9.84. The average Bonchev–Trinajstić information content (AvgIpc) is 1.52. The molecule has 10 N–H and O–H groups in total. The second-order valence-corrected chi connectivity index (χ2v) is 31.6. The maximum atomic E-state index is 12.8. The molecular weight excluding hydrogens is 1730 g/mol. The monoisotopic (exact) mass is 1810 g/mol. The van der Waals surface area contributed by atoms with Crippen LogP contribution in [-0.2, 0) is 19.2 Å². The molecule has 12 aromatic heterocycles. The number of nitrogens with zero attached hydrogens (tertiary/aromatic N) is 14. The average molecular weight is 1820 g/mol. The van der Waals surface area contributed by atoms with Gasteiger partial charge in [0.05, 0.1) is 26.0 Å². The number of aromatic nitrogens is 16. The van der Waals surface area contributed by atoms with E-state index in [1.807, 2.05) is 20.9 Å². The topological polar surface area (TPSA) is 365 Å². The molecule has 0 spiro atoms. The van der Waals surface area contributed by atoms with E-state index in [-0.39, 0.29) is 36.2 Å². The van der Waals surface area contributed by atoms with Gasteiger partial charge in [-0.15, -0.1) is 11.8 Å². The molecule has 4 aliphatic rings. The number of alkyl halides is 12. The van der Waals surface area contributed by atoms with Gasteiger partial charge in [-0.3, -0.25) is 19.2 Å². The van der Waals surface area contributed by atoms with E-state index in [0.717, 1.165) is 60.1 Å². The van der Waals surface area contributed by atoms with Gasteiger partial charge < -0.3 is 61.6 Å². The van der Waals surface area contributed by atoms with Crippen LogP contribution >= 0.6 is 58.2 Å². The summed E-state index contributed by atoms with van der Waals surface area (Å²) >= 11 is 25.7. The van der Waals surface area contributed by atoms with Crippen LogP contribution in [0, 0.1) is 5.92 Å². The maximum absolute atomic E-state index is 12.8. The van der Waals surface area contributed by atoms with Crippen LogP contribution < -0.4 is 41.7 Å². The molecular formula is C77H90Cl4F12N24O4S. The standard InChI is InChI=1S/C22H22ClF3N6O.C19H18ClF3N6O.C19H20ClF3N6O.C17H14ClF3N6OS.8H2/c23-13-8-14-15(10-29-19(14)28-9-13)20-27-6-5-18(31-20)32-16-4-2-1-3-12(16)7-17(32)21(33)30-11-22(24,25)26;20-11-7-12-13(9-26-15(12)25-8-11)16-24-6-3-14(28-16)29-18(4-1-2-5-18)17(30)27-10-19(21,22)23;1-3-18(4-2,17(30)27-10-19(21,22)23)29-14-5-6-24-16(28-14)13-9-26-15-12(13)7-11(20)8-25-15;18-9-3-10-11(5-24-14(10)23-4-9)15-22-2-1-13(26-15)27-8-29-6-12(27)16(28)25-7-17(19,20)21;;;;;;;;/h5-6,8-10,12,16-17H,1-4,7,11H2,(H,28,29)(H,30,33);3,6-9H,1-2,4-5,10H2,(H,25,26)(H,27,30)(H,24,28,29);5-9H,3-4,10H2,1-2H3,(H,25,26)(H,27,30)(H,24,28,29);1-5,12H,6-8H2,(H,23,24)(H,25,28);8*1H/t12-,16-,17-;;;12-;;;;;;;;/m0..0......../s1. The quantitative estimate of drug-likeness (QED) is 0.0317. The van der Waals surface area contributed by atoms with Crippen molar-refractivity contribution in [1.82, 2.24) is 101 Å². The van der Waals surface area contributed by atoms with Crippen LogP contribution in [0.1, 0.15) is 95.9 Å². The number of hydrogen-bond acceptors (Lipinski definition) is 21. The van der Waals surface area contributed by atoms with Gasteiger partial charge in [0.25, 0.3) is 0 Å². The summed E-state index contributed by atoms with van der Waals surface area (Å²) in [6, 6.07) is 12.1. The molecule has 45 heteroatoms. The van der Waals surface area contributed by atoms with Crippen molar-refractivity contribution >= 4 is 149 Å². The number of amides is 4. The van der Waals surface area contributed by atoms with Crippen LogP contribution in [0.4, 0.5) is 76.0 Å². The van der Waals surface area contributed by atoms with Crippen LogP contribution in [0.5, 0.6) is 0 Å². The normalized spacial score (nSPS) is 17.2. The minimum atomic E-state index is -4.49. The zero-order valence-electron chi connectivity index (χ0n) is 64.2. The predicted molar refractivity (Wildman–Crippen MR) is 454 cm³/mol. The minimum absolute atomic E-state index is 0. The summed E-state index contributed by atoms with van der Waals surface area (Å²) in [6.45, 7) is -2.03. The molecule has 4 atom stereocenters. The Hall–Kier alpha value is -11.2. The first-order chi connectivity index (χ1) is 58.0. The summed E-state index contributed by atoms with van der Waals surface area (Å²) in [5.74, 6) is 1.53. The smallest absolute Gasteiger partial charge is 0.356 e. The predicted octanol–water partition coefficient (Wildman–Crippen LogP) is 18.1. The van der Waals surface area contributed by atoms with E-state index >= 15 is 0 Å². The van der Waals surface area contributed by atoms with Crippen molar-refractivity contribution in [3.63, 3.8) is 0 Å². The lowest BCUT2D eigenvalue weighted by Gasteiger charge is -2.34. The Labute approximate surface area is 721 Å². The minimum Gasteiger partial charge on any atom is -0.356 e. The van der Waals surface area contributed by atoms with Gasteiger partial charge >= 0.3 is 24.7 Å². The summed E-state index contributed by atoms with van der Waals surface area (Å²) in [6.07, 6.45) is 8.49. The number of nitrogens with one attached hydrogen (secondary N) is 10. The number of anilines is 4. The number of rotatable bonds is 20. The molecule has 28 nitrogen and oxygen atoms in total. The number of hydrogen-bond donors (Lipinski definition) is 10. The van der Waals surface area contributed by atoms with E-state index in [9.17, 15) is 71.9 Å². The van der Waals surface area contributed by atoms with Crippen LogP contribution in [0.15, 0.2) is 123 Å². The van der Waals surface area contributed by atoms with Gasteiger partial charge in [-0.05, 0) is 99.4 Å². The Morgan fingerprint density at radius 3 is 1.34 bits per heavy atom. The molecule has 12 aromatic rings. The van der Waals surface area contributed by atoms with Gasteiger partial charge in [-0.1, -0.05) is 85.9 Å². The van der Waals surface area contributed by atoms with Gasteiger partial charge in [0, 0.05) is 141 Å². The summed E-state index contributed by atoms with van der Waals surface area (Å²) < 4.78 is 151. The molecule has 16 rings (SSSR count). The van der Waals surface area contributed by atoms with Crippen molar-refractivity contribution in [3.05, 3.63) is 143 Å². The lowest BCUT2D eigenvalue weighted by Crippen LogP contribution is -2.53. The SMILES string of the molecule is CCC(CC)(Nc1ccnc(-c2c[nH]c3ncc(Cl)cc23)n1)C(=O)NCC(F)(F)F.O=C(NCC(F)(F)F)C1(Nc2ccnc(-c3c[nH]c4ncc(Cl)cc34)n2)CCCC1.O=C(NCC(F)(F)F)[C@@H]1CSCN1c1ccnc(-c2c[nH]c3ncc(Cl)cc23)n1.O=C(NCC(F)(F)F)[C@@H]1C[C@@H]2CCCC[C@@H]2N1c1ccnc(-c2c[nH]c3ncc(Cl)cc23)n1.[HH].[HH].[HH].[HH].[HH].[HH].[HH].[HH]. The fraction of sp³-hybridized carbons (Fsp3) is 0.377. The highest BCUT2D eigenvalue weighted by atomic mass is 35.5. The van der Waals surface area contributed by atoms with Gasteiger partial charge in [0.2, 0.25) is 23.6 Å². The van der Waals surface area contributed by atoms with E-state index in [0.29, 0.717) is 142 Å². The highest BCUT2D eigenvalue weighted by Gasteiger charge is 2.48. The number of thioether (sulfide) groups is 1. The number of halogens is 16. The molecule has 14 heterocycles. The lowest BCUT2D eigenvalue weighted by molar-refractivity contribution is -0.141. The Morgan fingerprint density at radius 2 is 0.885 bits per heavy atom. The van der Waals surface area contributed by atoms with Crippen LogP contribution in [0.25, 0.3) is 89.7 Å². The number of aromatic amines is 4. The van der Waals surface area contributed by atoms with E-state index in [2.05, 4.69) is 90.7 Å². The van der Waals surface area contributed by atoms with Gasteiger partial charge in [0.15, 0.2) is 23.3 Å². The first kappa shape index (κ1) is 88.6. The van der Waals surface area contributed by atoms with Crippen LogP contribution in [-0.4, -0.2) is 195 Å². The molecule has 2 saturated heterocycles. The molecule has 0 unspecified atom stereocenters. The molecule has 0 radical (unpaired) electrons. The van der Waals surface area contributed by atoms with Crippen molar-refractivity contribution < 1.29 is 83.3 Å². The molecule has 122 heavy (non-hydrogen) atoms. The van der Waals surface area contributed by atoms with E-state index in [1.54, 1.807) is 111 Å². The molecule has 4 fully saturated rings. The largest absolute Gasteiger partial charge is 0.405 e. The third-order valence-electron chi connectivity index (χ3n) is 20.8. The first-order valence-corrected chi connectivity index (χ1v) is 40.6. The molecule has 2 aliphatic heterocycles. The van der Waals surface area contributed by atoms with E-state index in [1.165, 1.54) is 42.7 Å². The number of pyridine rings is 4. The van der Waals surface area contributed by atoms with Crippen molar-refractivity contribution in [3.8, 4) is 45.6 Å². The Kier molecular flexibility index (Phi) is 27.1. The zero-order valence-corrected chi connectivity index (χ0v) is 68.1. The summed E-state index contributed by atoms with van der Waals surface area (Å²) in [7, 11) is 0. The number of H-pyrrole nitrogens is 4. The number of carbonyl (C=O) groups excluding carboxylic acids is 4. The molecule has 2 saturated carbocycles. The van der Waals surface area contributed by atoms with Crippen molar-refractivity contribution in [2.24, 2.45) is 5.92 Å². The van der Waals surface area contributed by atoms with Crippen molar-refractivity contribution in [2.45, 2.75) is 138 Å². The maximum Gasteiger partial charge on any atom is 0.405 e. The highest BCUT2D eigenvalue weighted by Crippen LogP contribution is 2.44. The summed E-state index contributed by atoms with van der Waals surface area (Å²) in [4.78, 5) is 118. The fourth-order valence-electron chi connectivity index (χ4n) is 14.9. The molecule has 4 amide bonds. The molecule has 0 bridgehead atoms. The Morgan fingerprint density at radius 1 is 0.492 bits per heavy atom. The van der Waals surface area contributed by atoms with Crippen LogP contribution in [0.3, 0.4) is 0 Å². The van der Waals surface area contributed by atoms with Crippen LogP contribution in [0.2, 0.25) is 20.1 Å². The third kappa shape index (κ3) is 21.5. The fourth-order valence-corrected chi connectivity index (χ4v) is 16.7. The van der Waals surface area contributed by atoms with E-state index in [4.69, 9.17) is 51.4 Å². The Balaban J connectivity index is 0.000000301. The van der Waals surface area contributed by atoms with E-state index < -0.39 is 97.7 Å². The highest BCUT2D eigenvalue weighted by molar-refractivity contribution is 7.99. The van der Waals surface area contributed by atoms with Gasteiger partial charge in [-0.2, -0.15) is 52.7 Å². The Bertz CT molecular complexity index is 5640.